The van der Waals surface area contributed by atoms with Gasteiger partial charge >= 0.3 is 5.97 Å². The van der Waals surface area contributed by atoms with Gasteiger partial charge in [0.15, 0.2) is 5.25 Å². The van der Waals surface area contributed by atoms with Gasteiger partial charge in [0.25, 0.3) is 22.8 Å². The van der Waals surface area contributed by atoms with Gasteiger partial charge in [-0.05, 0) is 5.57 Å². The molecule has 166 valence electrons. The molecule has 0 aromatic carbocycles. The van der Waals surface area contributed by atoms with Crippen molar-refractivity contribution in [2.24, 2.45) is 0 Å². The van der Waals surface area contributed by atoms with Crippen LogP contribution in [0.5, 0.6) is 0 Å². The van der Waals surface area contributed by atoms with Crippen LogP contribution in [0.1, 0.15) is 5.89 Å². The van der Waals surface area contributed by atoms with Gasteiger partial charge < -0.3 is 19.6 Å². The van der Waals surface area contributed by atoms with Crippen molar-refractivity contribution in [3.8, 4) is 6.07 Å². The summed E-state index contributed by atoms with van der Waals surface area (Å²) in [7, 11) is -0.607. The summed E-state index contributed by atoms with van der Waals surface area (Å²) in [6.07, 6.45) is 1.19. The van der Waals surface area contributed by atoms with Crippen LogP contribution < -0.4 is 5.32 Å². The Hall–Kier alpha value is -2.41. The first kappa shape index (κ1) is 23.3. The van der Waals surface area contributed by atoms with Crippen LogP contribution in [0.15, 0.2) is 20.9 Å². The topological polar surface area (TPSA) is 176 Å². The smallest absolute Gasteiger partial charge is 0.352 e. The lowest BCUT2D eigenvalue weighted by molar-refractivity contribution is -0.192. The molecule has 3 rings (SSSR count). The summed E-state index contributed by atoms with van der Waals surface area (Å²) in [5, 5.41) is 26.6. The van der Waals surface area contributed by atoms with Crippen molar-refractivity contribution in [3.05, 3.63) is 17.2 Å². The van der Waals surface area contributed by atoms with Crippen molar-refractivity contribution in [2.75, 3.05) is 24.9 Å². The van der Waals surface area contributed by atoms with E-state index in [1.165, 1.54) is 25.1 Å². The van der Waals surface area contributed by atoms with Gasteiger partial charge in [-0.1, -0.05) is 11.8 Å². The summed E-state index contributed by atoms with van der Waals surface area (Å²) in [5.74, 6) is -2.24. The number of fused-ring (bicyclic) bond motifs is 1. The number of hydrogen-bond acceptors (Lipinski definition) is 11. The van der Waals surface area contributed by atoms with Gasteiger partial charge in [0.1, 0.15) is 11.1 Å². The van der Waals surface area contributed by atoms with Crippen LogP contribution >= 0.6 is 23.5 Å². The van der Waals surface area contributed by atoms with Crippen LogP contribution in [0, 0.1) is 18.3 Å². The first-order valence-corrected chi connectivity index (χ1v) is 12.2. The van der Waals surface area contributed by atoms with E-state index < -0.39 is 44.9 Å². The number of carbonyl (C=O) groups excluding carboxylic acids is 2. The fourth-order valence-electron chi connectivity index (χ4n) is 3.07. The van der Waals surface area contributed by atoms with Gasteiger partial charge in [-0.15, -0.1) is 22.0 Å². The number of thioether (sulfide) groups is 2. The maximum atomic E-state index is 13.0. The van der Waals surface area contributed by atoms with Crippen LogP contribution in [0.4, 0.5) is 0 Å². The maximum absolute atomic E-state index is 13.0. The van der Waals surface area contributed by atoms with Crippen LogP contribution in [-0.2, 0) is 29.9 Å². The van der Waals surface area contributed by atoms with Gasteiger partial charge in [-0.2, -0.15) is 5.26 Å². The van der Waals surface area contributed by atoms with Crippen LogP contribution in [0.3, 0.4) is 0 Å². The molecule has 31 heavy (non-hydrogen) atoms. The Labute approximate surface area is 187 Å². The highest BCUT2D eigenvalue weighted by molar-refractivity contribution is 8.01. The lowest BCUT2D eigenvalue weighted by Crippen LogP contribution is -2.81. The molecule has 1 aromatic rings. The van der Waals surface area contributed by atoms with E-state index in [-0.39, 0.29) is 22.4 Å². The lowest BCUT2D eigenvalue weighted by atomic mass is 9.98. The number of nitriles is 1. The maximum Gasteiger partial charge on any atom is 0.352 e. The molecule has 2 aliphatic rings. The molecule has 12 nitrogen and oxygen atoms in total. The Balaban J connectivity index is 1.84. The van der Waals surface area contributed by atoms with E-state index in [1.54, 1.807) is 13.0 Å². The number of aromatic nitrogens is 2. The molecule has 2 unspecified atom stereocenters. The van der Waals surface area contributed by atoms with Crippen LogP contribution in [0.25, 0.3) is 0 Å². The first-order chi connectivity index (χ1) is 14.7. The molecular weight excluding hydrogens is 470 g/mol. The number of ether oxygens (including phenoxy) is 1. The number of carbonyl (C=O) groups is 3. The predicted octanol–water partition coefficient (Wildman–Crippen LogP) is -0.546. The highest BCUT2D eigenvalue weighted by atomic mass is 32.2. The molecule has 3 heterocycles. The third kappa shape index (κ3) is 4.07. The third-order valence-electron chi connectivity index (χ3n) is 4.51. The average Bonchev–Trinajstić information content (AvgIpc) is 3.14. The number of β-lactam (4-membered cyclic amide) rings is 1. The Morgan fingerprint density at radius 2 is 2.29 bits per heavy atom. The molecular formula is C16H17N5O7S3. The first-order valence-electron chi connectivity index (χ1n) is 8.58. The number of rotatable bonds is 8. The average molecular weight is 488 g/mol. The zero-order chi connectivity index (χ0) is 22.9. The van der Waals surface area contributed by atoms with Gasteiger partial charge in [0.2, 0.25) is 5.89 Å². The monoisotopic (exact) mass is 487 g/mol. The molecule has 0 bridgehead atoms. The molecule has 15 heteroatoms. The van der Waals surface area contributed by atoms with Crippen molar-refractivity contribution < 1.29 is 32.9 Å². The number of carboxylic acids is 1. The Morgan fingerprint density at radius 1 is 1.58 bits per heavy atom. The van der Waals surface area contributed by atoms with E-state index in [0.717, 1.165) is 16.7 Å². The number of aryl methyl sites for hydroxylation is 1. The quantitative estimate of drug-likeness (QED) is 0.272. The highest BCUT2D eigenvalue weighted by Crippen LogP contribution is 2.47. The number of methoxy groups -OCH3 is 1. The van der Waals surface area contributed by atoms with Crippen molar-refractivity contribution in [2.45, 2.75) is 28.5 Å². The summed E-state index contributed by atoms with van der Waals surface area (Å²) in [4.78, 5) is 38.4. The molecule has 4 atom stereocenters. The Morgan fingerprint density at radius 3 is 2.81 bits per heavy atom. The fourth-order valence-corrected chi connectivity index (χ4v) is 5.96. The van der Waals surface area contributed by atoms with Crippen molar-refractivity contribution >= 4 is 52.1 Å². The summed E-state index contributed by atoms with van der Waals surface area (Å²) in [6.45, 7) is 1.63. The molecule has 1 aromatic heterocycles. The van der Waals surface area contributed by atoms with Gasteiger partial charge in [-0.25, -0.2) is 4.79 Å². The number of aliphatic carboxylic acids is 1. The van der Waals surface area contributed by atoms with Gasteiger partial charge in [0, 0.05) is 42.6 Å². The Kier molecular flexibility index (Phi) is 6.74. The summed E-state index contributed by atoms with van der Waals surface area (Å²) in [6, 6.07) is 1.63. The lowest BCUT2D eigenvalue weighted by Gasteiger charge is -2.55. The fraction of sp³-hybridized carbons (Fsp3) is 0.500. The molecule has 1 saturated heterocycles. The van der Waals surface area contributed by atoms with E-state index in [0.29, 0.717) is 11.5 Å². The van der Waals surface area contributed by atoms with E-state index >= 15 is 0 Å². The SMILES string of the molecule is CO[C@@]1(NC(=O)C(C#N)S(C)=O)C(=O)N2C(C(=O)O)=C(CSc3nnc(C)o3)CS[C@H]21. The summed E-state index contributed by atoms with van der Waals surface area (Å²) >= 11 is 2.33. The van der Waals surface area contributed by atoms with Crippen molar-refractivity contribution in [1.29, 1.82) is 5.26 Å². The number of nitrogens with one attached hydrogen (secondary N) is 1. The molecule has 0 radical (unpaired) electrons. The molecule has 2 amide bonds. The minimum atomic E-state index is -1.86. The summed E-state index contributed by atoms with van der Waals surface area (Å²) in [5.41, 5.74) is -1.61. The second-order valence-corrected chi connectivity index (χ2v) is 9.87. The van der Waals surface area contributed by atoms with E-state index in [4.69, 9.17) is 14.4 Å². The molecule has 2 aliphatic heterocycles. The number of hydrogen-bond donors (Lipinski definition) is 2. The highest BCUT2D eigenvalue weighted by Gasteiger charge is 2.67. The predicted molar refractivity (Wildman–Crippen MR) is 109 cm³/mol. The molecule has 0 saturated carbocycles. The molecule has 0 aliphatic carbocycles. The van der Waals surface area contributed by atoms with Crippen LogP contribution in [0.2, 0.25) is 0 Å². The van der Waals surface area contributed by atoms with Gasteiger partial charge in [-0.3, -0.25) is 18.7 Å². The zero-order valence-corrected chi connectivity index (χ0v) is 18.9. The van der Waals surface area contributed by atoms with Gasteiger partial charge in [0.05, 0.1) is 6.07 Å². The molecule has 2 N–H and O–H groups in total. The molecule has 0 spiro atoms. The second kappa shape index (κ2) is 8.99. The van der Waals surface area contributed by atoms with Crippen molar-refractivity contribution in [3.63, 3.8) is 0 Å². The standard InChI is InChI=1S/C16H17N5O7S3/c1-7-19-20-15(28-7)30-6-8-5-29-14-16(27-2,13(25)21(14)10(8)12(23)24)18-11(22)9(4-17)31(3)26/h9,14H,5-6H2,1-3H3,(H,18,22)(H,23,24)/t9?,14-,16-,31?/m0/s1. The van der Waals surface area contributed by atoms with E-state index in [9.17, 15) is 23.7 Å². The third-order valence-corrected chi connectivity index (χ3v) is 7.77. The van der Waals surface area contributed by atoms with E-state index in [2.05, 4.69) is 15.5 Å². The molecule has 1 fully saturated rings. The number of nitrogens with zero attached hydrogens (tertiary/aromatic N) is 4. The Bertz CT molecular complexity index is 1040. The minimum absolute atomic E-state index is 0.199. The normalized spacial score (nSPS) is 24.6. The summed E-state index contributed by atoms with van der Waals surface area (Å²) < 4.78 is 22.2. The second-order valence-electron chi connectivity index (χ2n) is 6.41. The van der Waals surface area contributed by atoms with Crippen molar-refractivity contribution in [1.82, 2.24) is 20.4 Å². The van der Waals surface area contributed by atoms with E-state index in [1.807, 2.05) is 0 Å². The van der Waals surface area contributed by atoms with Crippen LogP contribution in [-0.4, -0.2) is 83.4 Å². The zero-order valence-electron chi connectivity index (χ0n) is 16.5. The number of amides is 2. The number of carboxylic acid groups (broad SMARTS) is 1. The minimum Gasteiger partial charge on any atom is -0.477 e. The largest absolute Gasteiger partial charge is 0.477 e.